The summed E-state index contributed by atoms with van der Waals surface area (Å²) in [6.07, 6.45) is 3.50. The van der Waals surface area contributed by atoms with Crippen LogP contribution in [0.3, 0.4) is 0 Å². The number of H-pyrrole nitrogens is 1. The van der Waals surface area contributed by atoms with Crippen molar-refractivity contribution in [1.82, 2.24) is 20.0 Å². The molecule has 26 heavy (non-hydrogen) atoms. The van der Waals surface area contributed by atoms with E-state index in [1.54, 1.807) is 24.3 Å². The van der Waals surface area contributed by atoms with Crippen molar-refractivity contribution in [3.63, 3.8) is 0 Å². The minimum Gasteiger partial charge on any atom is -0.497 e. The molecule has 7 nitrogen and oxygen atoms in total. The highest BCUT2D eigenvalue weighted by Gasteiger charge is 2.23. The van der Waals surface area contributed by atoms with Crippen LogP contribution in [0.5, 0.6) is 5.75 Å². The number of hydrogen-bond acceptors (Lipinski definition) is 4. The van der Waals surface area contributed by atoms with E-state index in [-0.39, 0.29) is 11.8 Å². The number of methoxy groups -OCH3 is 1. The number of benzene rings is 1. The van der Waals surface area contributed by atoms with Crippen molar-refractivity contribution in [1.29, 1.82) is 0 Å². The molecule has 1 aromatic heterocycles. The van der Waals surface area contributed by atoms with Gasteiger partial charge in [-0.25, -0.2) is 0 Å². The maximum Gasteiger partial charge on any atom is 0.271 e. The van der Waals surface area contributed by atoms with Crippen molar-refractivity contribution in [3.05, 3.63) is 47.8 Å². The molecule has 0 spiro atoms. The second-order valence-corrected chi connectivity index (χ2v) is 6.35. The van der Waals surface area contributed by atoms with Crippen molar-refractivity contribution in [2.45, 2.75) is 19.3 Å². The molecule has 3 rings (SSSR count). The first-order chi connectivity index (χ1) is 12.7. The fraction of sp³-hybridized carbons (Fsp3) is 0.421. The molecule has 1 aliphatic heterocycles. The molecule has 1 saturated heterocycles. The number of aryl methyl sites for hydroxylation is 1. The molecule has 7 heteroatoms. The average Bonchev–Trinajstić information content (AvgIpc) is 3.10. The highest BCUT2D eigenvalue weighted by atomic mass is 16.5. The normalized spacial score (nSPS) is 14.8. The van der Waals surface area contributed by atoms with E-state index in [1.165, 1.54) is 0 Å². The summed E-state index contributed by atoms with van der Waals surface area (Å²) in [5, 5.41) is 6.53. The van der Waals surface area contributed by atoms with E-state index in [0.29, 0.717) is 44.7 Å². The summed E-state index contributed by atoms with van der Waals surface area (Å²) in [7, 11) is 1.64. The van der Waals surface area contributed by atoms with Gasteiger partial charge in [0.15, 0.2) is 0 Å². The maximum atomic E-state index is 12.6. The zero-order valence-electron chi connectivity index (χ0n) is 15.0. The van der Waals surface area contributed by atoms with Gasteiger partial charge in [-0.3, -0.25) is 14.7 Å². The molecule has 0 aliphatic carbocycles. The fourth-order valence-corrected chi connectivity index (χ4v) is 3.15. The van der Waals surface area contributed by atoms with Gasteiger partial charge < -0.3 is 14.5 Å². The molecule has 2 amide bonds. The Balaban J connectivity index is 1.51. The molecular formula is C19H24N4O3. The summed E-state index contributed by atoms with van der Waals surface area (Å²) in [5.41, 5.74) is 1.58. The van der Waals surface area contributed by atoms with Crippen LogP contribution in [0.4, 0.5) is 0 Å². The second kappa shape index (κ2) is 8.51. The van der Waals surface area contributed by atoms with Gasteiger partial charge in [-0.1, -0.05) is 12.1 Å². The smallest absolute Gasteiger partial charge is 0.271 e. The molecule has 1 aromatic carbocycles. The first-order valence-electron chi connectivity index (χ1n) is 8.87. The van der Waals surface area contributed by atoms with Crippen LogP contribution < -0.4 is 4.74 Å². The Bertz CT molecular complexity index is 745. The van der Waals surface area contributed by atoms with Crippen LogP contribution in [0.2, 0.25) is 0 Å². The molecule has 138 valence electrons. The lowest BCUT2D eigenvalue weighted by Crippen LogP contribution is -2.37. The van der Waals surface area contributed by atoms with E-state index in [0.717, 1.165) is 17.7 Å². The second-order valence-electron chi connectivity index (χ2n) is 6.35. The van der Waals surface area contributed by atoms with Crippen LogP contribution in [0.15, 0.2) is 36.5 Å². The van der Waals surface area contributed by atoms with E-state index < -0.39 is 0 Å². The minimum atomic E-state index is -0.0619. The van der Waals surface area contributed by atoms with E-state index in [2.05, 4.69) is 10.2 Å². The molecule has 0 bridgehead atoms. The fourth-order valence-electron chi connectivity index (χ4n) is 3.15. The quantitative estimate of drug-likeness (QED) is 0.885. The Morgan fingerprint density at radius 3 is 2.73 bits per heavy atom. The predicted octanol–water partition coefficient (Wildman–Crippen LogP) is 1.73. The molecule has 1 fully saturated rings. The van der Waals surface area contributed by atoms with Gasteiger partial charge in [-0.15, -0.1) is 0 Å². The first kappa shape index (κ1) is 18.0. The summed E-state index contributed by atoms with van der Waals surface area (Å²) >= 11 is 0. The van der Waals surface area contributed by atoms with Gasteiger partial charge in [-0.05, 0) is 36.6 Å². The van der Waals surface area contributed by atoms with Crippen molar-refractivity contribution in [2.75, 3.05) is 33.3 Å². The molecule has 1 aliphatic rings. The number of ether oxygens (including phenoxy) is 1. The van der Waals surface area contributed by atoms with Crippen molar-refractivity contribution < 1.29 is 14.3 Å². The number of aromatic nitrogens is 2. The molecule has 0 atom stereocenters. The molecule has 0 unspecified atom stereocenters. The maximum absolute atomic E-state index is 12.6. The molecule has 0 saturated carbocycles. The van der Waals surface area contributed by atoms with Crippen LogP contribution >= 0.6 is 0 Å². The number of nitrogens with zero attached hydrogens (tertiary/aromatic N) is 3. The van der Waals surface area contributed by atoms with E-state index in [1.807, 2.05) is 29.2 Å². The Morgan fingerprint density at radius 2 is 1.96 bits per heavy atom. The highest BCUT2D eigenvalue weighted by molar-refractivity contribution is 5.92. The Hall–Kier alpha value is -2.83. The van der Waals surface area contributed by atoms with Gasteiger partial charge in [0.25, 0.3) is 5.91 Å². The highest BCUT2D eigenvalue weighted by Crippen LogP contribution is 2.15. The molecule has 2 aromatic rings. The topological polar surface area (TPSA) is 78.5 Å². The van der Waals surface area contributed by atoms with E-state index in [4.69, 9.17) is 4.74 Å². The predicted molar refractivity (Wildman–Crippen MR) is 97.0 cm³/mol. The molecule has 0 radical (unpaired) electrons. The summed E-state index contributed by atoms with van der Waals surface area (Å²) < 4.78 is 5.22. The number of carbonyl (C=O) groups is 2. The largest absolute Gasteiger partial charge is 0.497 e. The average molecular weight is 356 g/mol. The zero-order chi connectivity index (χ0) is 18.4. The van der Waals surface area contributed by atoms with Gasteiger partial charge in [0, 0.05) is 38.8 Å². The number of nitrogens with one attached hydrogen (secondary N) is 1. The minimum absolute atomic E-state index is 0.0619. The Labute approximate surface area is 152 Å². The Kier molecular flexibility index (Phi) is 5.88. The van der Waals surface area contributed by atoms with Gasteiger partial charge in [0.2, 0.25) is 5.91 Å². The SMILES string of the molecule is COc1cccc(CCC(=O)N2CCCN(C(=O)c3ccn[nH]3)CC2)c1. The Morgan fingerprint density at radius 1 is 1.15 bits per heavy atom. The lowest BCUT2D eigenvalue weighted by atomic mass is 10.1. The number of rotatable bonds is 5. The van der Waals surface area contributed by atoms with Crippen LogP contribution in [0, 0.1) is 0 Å². The number of carbonyl (C=O) groups excluding carboxylic acids is 2. The third-order valence-electron chi connectivity index (χ3n) is 4.63. The van der Waals surface area contributed by atoms with Crippen LogP contribution in [0.1, 0.15) is 28.9 Å². The standard InChI is InChI=1S/C19H24N4O3/c1-26-16-5-2-4-15(14-16)6-7-18(24)22-10-3-11-23(13-12-22)19(25)17-8-9-20-21-17/h2,4-5,8-9,14H,3,6-7,10-13H2,1H3,(H,20,21). The summed E-state index contributed by atoms with van der Waals surface area (Å²) in [5.74, 6) is 0.870. The third kappa shape index (κ3) is 4.41. The van der Waals surface area contributed by atoms with E-state index in [9.17, 15) is 9.59 Å². The van der Waals surface area contributed by atoms with Crippen LogP contribution in [0.25, 0.3) is 0 Å². The monoisotopic (exact) mass is 356 g/mol. The molecular weight excluding hydrogens is 332 g/mol. The van der Waals surface area contributed by atoms with Crippen LogP contribution in [-0.4, -0.2) is 65.1 Å². The number of hydrogen-bond donors (Lipinski definition) is 1. The van der Waals surface area contributed by atoms with E-state index >= 15 is 0 Å². The zero-order valence-corrected chi connectivity index (χ0v) is 15.0. The number of aromatic amines is 1. The third-order valence-corrected chi connectivity index (χ3v) is 4.63. The summed E-state index contributed by atoms with van der Waals surface area (Å²) in [4.78, 5) is 28.6. The molecule has 1 N–H and O–H groups in total. The number of amides is 2. The van der Waals surface area contributed by atoms with Gasteiger partial charge in [0.1, 0.15) is 11.4 Å². The van der Waals surface area contributed by atoms with Gasteiger partial charge >= 0.3 is 0 Å². The summed E-state index contributed by atoms with van der Waals surface area (Å²) in [6, 6.07) is 9.46. The van der Waals surface area contributed by atoms with Gasteiger partial charge in [0.05, 0.1) is 7.11 Å². The van der Waals surface area contributed by atoms with Crippen molar-refractivity contribution in [3.8, 4) is 5.75 Å². The van der Waals surface area contributed by atoms with Crippen molar-refractivity contribution >= 4 is 11.8 Å². The summed E-state index contributed by atoms with van der Waals surface area (Å²) in [6.45, 7) is 2.45. The van der Waals surface area contributed by atoms with Crippen LogP contribution in [-0.2, 0) is 11.2 Å². The van der Waals surface area contributed by atoms with Gasteiger partial charge in [-0.2, -0.15) is 5.10 Å². The molecule has 2 heterocycles. The van der Waals surface area contributed by atoms with Crippen molar-refractivity contribution in [2.24, 2.45) is 0 Å². The lowest BCUT2D eigenvalue weighted by Gasteiger charge is -2.22. The lowest BCUT2D eigenvalue weighted by molar-refractivity contribution is -0.131. The first-order valence-corrected chi connectivity index (χ1v) is 8.87.